The van der Waals surface area contributed by atoms with Crippen LogP contribution in [0.2, 0.25) is 0 Å². The van der Waals surface area contributed by atoms with Gasteiger partial charge in [-0.3, -0.25) is 9.48 Å². The maximum absolute atomic E-state index is 11.7. The lowest BCUT2D eigenvalue weighted by atomic mass is 10.3. The predicted molar refractivity (Wildman–Crippen MR) is 56.7 cm³/mol. The van der Waals surface area contributed by atoms with Gasteiger partial charge in [-0.15, -0.1) is 0 Å². The monoisotopic (exact) mass is 211 g/mol. The number of hydrogen-bond donors (Lipinski definition) is 2. The molecular weight excluding hydrogens is 194 g/mol. The van der Waals surface area contributed by atoms with Crippen LogP contribution in [0, 0.1) is 6.92 Å². The van der Waals surface area contributed by atoms with Crippen LogP contribution in [0.4, 0.5) is 0 Å². The maximum Gasteiger partial charge on any atom is 0.269 e. The van der Waals surface area contributed by atoms with Crippen LogP contribution in [-0.2, 0) is 6.54 Å². The van der Waals surface area contributed by atoms with Crippen LogP contribution in [0.3, 0.4) is 0 Å². The first-order valence-corrected chi connectivity index (χ1v) is 5.04. The molecule has 1 aromatic rings. The Labute approximate surface area is 89.1 Å². The van der Waals surface area contributed by atoms with Gasteiger partial charge in [-0.2, -0.15) is 5.10 Å². The highest BCUT2D eigenvalue weighted by Crippen LogP contribution is 2.03. The largest absolute Gasteiger partial charge is 0.394 e. The van der Waals surface area contributed by atoms with Crippen LogP contribution in [0.15, 0.2) is 6.07 Å². The average Bonchev–Trinajstić information content (AvgIpc) is 2.59. The Morgan fingerprint density at radius 1 is 1.73 bits per heavy atom. The van der Waals surface area contributed by atoms with E-state index in [1.807, 2.05) is 13.8 Å². The van der Waals surface area contributed by atoms with E-state index in [2.05, 4.69) is 10.4 Å². The third-order valence-electron chi connectivity index (χ3n) is 2.09. The first-order valence-electron chi connectivity index (χ1n) is 5.04. The molecule has 5 heteroatoms. The average molecular weight is 211 g/mol. The molecular formula is C10H17N3O2. The van der Waals surface area contributed by atoms with Gasteiger partial charge in [0.15, 0.2) is 0 Å². The van der Waals surface area contributed by atoms with Gasteiger partial charge in [0.2, 0.25) is 0 Å². The van der Waals surface area contributed by atoms with E-state index in [9.17, 15) is 4.79 Å². The van der Waals surface area contributed by atoms with Crippen molar-refractivity contribution in [2.45, 2.75) is 33.4 Å². The minimum absolute atomic E-state index is 0.0645. The van der Waals surface area contributed by atoms with Crippen molar-refractivity contribution in [3.63, 3.8) is 0 Å². The van der Waals surface area contributed by atoms with Crippen molar-refractivity contribution in [2.75, 3.05) is 6.61 Å². The molecule has 0 saturated carbocycles. The molecule has 0 unspecified atom stereocenters. The highest BCUT2D eigenvalue weighted by atomic mass is 16.3. The molecule has 1 amide bonds. The molecule has 0 bridgehead atoms. The molecule has 84 valence electrons. The number of carbonyl (C=O) groups is 1. The van der Waals surface area contributed by atoms with E-state index in [0.29, 0.717) is 12.2 Å². The fourth-order valence-corrected chi connectivity index (χ4v) is 1.31. The third kappa shape index (κ3) is 2.79. The zero-order valence-corrected chi connectivity index (χ0v) is 9.32. The summed E-state index contributed by atoms with van der Waals surface area (Å²) in [6.07, 6.45) is 0. The number of carbonyl (C=O) groups excluding carboxylic acids is 1. The maximum atomic E-state index is 11.7. The van der Waals surface area contributed by atoms with E-state index in [1.165, 1.54) is 0 Å². The molecule has 1 atom stereocenters. The molecule has 2 N–H and O–H groups in total. The summed E-state index contributed by atoms with van der Waals surface area (Å²) >= 11 is 0. The van der Waals surface area contributed by atoms with E-state index in [-0.39, 0.29) is 18.6 Å². The number of aliphatic hydroxyl groups excluding tert-OH is 1. The summed E-state index contributed by atoms with van der Waals surface area (Å²) in [7, 11) is 0. The summed E-state index contributed by atoms with van der Waals surface area (Å²) in [5, 5.41) is 15.7. The van der Waals surface area contributed by atoms with Gasteiger partial charge in [0.25, 0.3) is 5.91 Å². The number of hydrogen-bond acceptors (Lipinski definition) is 3. The molecule has 0 aliphatic rings. The summed E-state index contributed by atoms with van der Waals surface area (Å²) in [6, 6.07) is 1.50. The number of aliphatic hydroxyl groups is 1. The topological polar surface area (TPSA) is 67.2 Å². The second-order valence-electron chi connectivity index (χ2n) is 3.54. The molecule has 1 aromatic heterocycles. The lowest BCUT2D eigenvalue weighted by molar-refractivity contribution is 0.0911. The van der Waals surface area contributed by atoms with Gasteiger partial charge >= 0.3 is 0 Å². The van der Waals surface area contributed by atoms with Crippen LogP contribution < -0.4 is 5.32 Å². The zero-order valence-electron chi connectivity index (χ0n) is 9.32. The van der Waals surface area contributed by atoms with E-state index in [1.54, 1.807) is 17.7 Å². The minimum atomic E-state index is -0.238. The molecule has 0 aromatic carbocycles. The van der Waals surface area contributed by atoms with Crippen molar-refractivity contribution in [3.05, 3.63) is 17.5 Å². The van der Waals surface area contributed by atoms with Gasteiger partial charge in [-0.25, -0.2) is 0 Å². The van der Waals surface area contributed by atoms with Crippen LogP contribution in [0.1, 0.15) is 30.0 Å². The molecule has 0 aliphatic heterocycles. The standard InChI is InChI=1S/C10H17N3O2/c1-4-13-9(5-7(2)12-13)10(15)11-8(3)6-14/h5,8,14H,4,6H2,1-3H3,(H,11,15)/t8-/m0/s1. The Hall–Kier alpha value is -1.36. The summed E-state index contributed by atoms with van der Waals surface area (Å²) in [5.41, 5.74) is 1.36. The van der Waals surface area contributed by atoms with Gasteiger partial charge in [0.1, 0.15) is 5.69 Å². The van der Waals surface area contributed by atoms with Gasteiger partial charge < -0.3 is 10.4 Å². The number of rotatable bonds is 4. The van der Waals surface area contributed by atoms with E-state index in [4.69, 9.17) is 5.11 Å². The SMILES string of the molecule is CCn1nc(C)cc1C(=O)N[C@@H](C)CO. The van der Waals surface area contributed by atoms with Crippen molar-refractivity contribution >= 4 is 5.91 Å². The molecule has 15 heavy (non-hydrogen) atoms. The molecule has 5 nitrogen and oxygen atoms in total. The highest BCUT2D eigenvalue weighted by molar-refractivity contribution is 5.92. The van der Waals surface area contributed by atoms with Crippen LogP contribution in [0.25, 0.3) is 0 Å². The van der Waals surface area contributed by atoms with Gasteiger partial charge in [0, 0.05) is 12.6 Å². The first-order chi connectivity index (χ1) is 7.08. The van der Waals surface area contributed by atoms with Crippen molar-refractivity contribution in [3.8, 4) is 0 Å². The van der Waals surface area contributed by atoms with Crippen molar-refractivity contribution in [1.29, 1.82) is 0 Å². The molecule has 1 heterocycles. The summed E-state index contributed by atoms with van der Waals surface area (Å²) in [6.45, 7) is 6.11. The number of aryl methyl sites for hydroxylation is 2. The first kappa shape index (κ1) is 11.7. The van der Waals surface area contributed by atoms with Gasteiger partial charge in [-0.05, 0) is 26.8 Å². The van der Waals surface area contributed by atoms with Crippen molar-refractivity contribution in [2.24, 2.45) is 0 Å². The highest BCUT2D eigenvalue weighted by Gasteiger charge is 2.14. The van der Waals surface area contributed by atoms with E-state index in [0.717, 1.165) is 5.69 Å². The van der Waals surface area contributed by atoms with Crippen molar-refractivity contribution < 1.29 is 9.90 Å². The quantitative estimate of drug-likeness (QED) is 0.753. The minimum Gasteiger partial charge on any atom is -0.394 e. The lowest BCUT2D eigenvalue weighted by Gasteiger charge is -2.11. The van der Waals surface area contributed by atoms with Crippen LogP contribution in [0.5, 0.6) is 0 Å². The summed E-state index contributed by atoms with van der Waals surface area (Å²) in [5.74, 6) is -0.195. The molecule has 0 fully saturated rings. The summed E-state index contributed by atoms with van der Waals surface area (Å²) < 4.78 is 1.65. The smallest absolute Gasteiger partial charge is 0.269 e. The fourth-order valence-electron chi connectivity index (χ4n) is 1.31. The van der Waals surface area contributed by atoms with Crippen LogP contribution >= 0.6 is 0 Å². The molecule has 0 spiro atoms. The zero-order chi connectivity index (χ0) is 11.4. The van der Waals surface area contributed by atoms with E-state index < -0.39 is 0 Å². The Bertz CT molecular complexity index is 346. The van der Waals surface area contributed by atoms with Gasteiger partial charge in [0.05, 0.1) is 12.3 Å². The number of nitrogens with one attached hydrogen (secondary N) is 1. The van der Waals surface area contributed by atoms with E-state index >= 15 is 0 Å². The lowest BCUT2D eigenvalue weighted by Crippen LogP contribution is -2.36. The second kappa shape index (κ2) is 4.93. The Morgan fingerprint density at radius 2 is 2.40 bits per heavy atom. The Kier molecular flexibility index (Phi) is 3.85. The molecule has 0 saturated heterocycles. The normalized spacial score (nSPS) is 12.5. The summed E-state index contributed by atoms with van der Waals surface area (Å²) in [4.78, 5) is 11.7. The number of nitrogens with zero attached hydrogens (tertiary/aromatic N) is 2. The van der Waals surface area contributed by atoms with Crippen LogP contribution in [-0.4, -0.2) is 33.4 Å². The molecule has 1 rings (SSSR count). The Morgan fingerprint density at radius 3 is 2.93 bits per heavy atom. The second-order valence-corrected chi connectivity index (χ2v) is 3.54. The third-order valence-corrected chi connectivity index (χ3v) is 2.09. The Balaban J connectivity index is 2.81. The molecule has 0 aliphatic carbocycles. The fraction of sp³-hybridized carbons (Fsp3) is 0.600. The number of aromatic nitrogens is 2. The predicted octanol–water partition coefficient (Wildman–Crippen LogP) is 0.322. The van der Waals surface area contributed by atoms with Gasteiger partial charge in [-0.1, -0.05) is 0 Å². The molecule has 0 radical (unpaired) electrons. The number of amides is 1. The van der Waals surface area contributed by atoms with Crippen molar-refractivity contribution in [1.82, 2.24) is 15.1 Å².